The van der Waals surface area contributed by atoms with Crippen molar-refractivity contribution in [2.24, 2.45) is 9.98 Å². The summed E-state index contributed by atoms with van der Waals surface area (Å²) < 4.78 is 12.7. The average molecular weight is 769 g/mol. The topological polar surface area (TPSA) is 43.2 Å². The maximum atomic E-state index is 6.37. The number of ether oxygens (including phenoxy) is 2. The Balaban J connectivity index is 1.04. The molecule has 290 valence electrons. The van der Waals surface area contributed by atoms with Crippen LogP contribution in [0.25, 0.3) is 55.3 Å². The maximum Gasteiger partial charge on any atom is 0.217 e. The summed E-state index contributed by atoms with van der Waals surface area (Å²) >= 11 is 0. The minimum absolute atomic E-state index is 0.291. The molecule has 2 aliphatic heterocycles. The van der Waals surface area contributed by atoms with Crippen molar-refractivity contribution in [3.63, 3.8) is 0 Å². The SMILES string of the molecule is CC1(C)N=C(c2ccc(-c3ccc4c(c3)C3(c5ccccc5-c5ccccc53)c3c-4ccc4cc(-c5ccc(C6=NC(C)(C)C(C)(C)O6)cc5)ccc34)cc2)OC1(C)C. The first kappa shape index (κ1) is 35.9. The van der Waals surface area contributed by atoms with Crippen molar-refractivity contribution < 1.29 is 9.47 Å². The van der Waals surface area contributed by atoms with E-state index in [0.717, 1.165) is 16.7 Å². The van der Waals surface area contributed by atoms with Crippen molar-refractivity contribution in [1.29, 1.82) is 0 Å². The van der Waals surface area contributed by atoms with Crippen LogP contribution in [-0.4, -0.2) is 34.1 Å². The molecule has 0 N–H and O–H groups in total. The number of rotatable bonds is 4. The van der Waals surface area contributed by atoms with Crippen LogP contribution >= 0.6 is 0 Å². The molecule has 4 aliphatic rings. The summed E-state index contributed by atoms with van der Waals surface area (Å²) in [6.07, 6.45) is 0. The van der Waals surface area contributed by atoms with Crippen LogP contribution in [0.2, 0.25) is 0 Å². The van der Waals surface area contributed by atoms with E-state index in [2.05, 4.69) is 201 Å². The van der Waals surface area contributed by atoms with E-state index in [1.165, 1.54) is 72.0 Å². The molecule has 59 heavy (non-hydrogen) atoms. The minimum atomic E-state index is -0.483. The lowest BCUT2D eigenvalue weighted by Crippen LogP contribution is -2.41. The smallest absolute Gasteiger partial charge is 0.217 e. The highest BCUT2D eigenvalue weighted by Crippen LogP contribution is 2.64. The Kier molecular flexibility index (Phi) is 7.24. The average Bonchev–Trinajstić information content (AvgIpc) is 3.85. The van der Waals surface area contributed by atoms with Crippen molar-refractivity contribution in [3.8, 4) is 44.5 Å². The standard InChI is InChI=1S/C55H48N2O2/c1-51(2)53(5,6)58-49(56-51)35-21-17-33(18-22-35)37-25-28-40-39(31-37)27-30-44-43-29-26-38(34-19-23-36(24-20-34)50-57-52(3,4)54(7,8)59-50)32-47(43)55(48(40)44)45-15-11-9-13-41(45)42-14-10-12-16-46(42)55/h9-32H,1-8H3. The summed E-state index contributed by atoms with van der Waals surface area (Å²) in [4.78, 5) is 9.91. The zero-order valence-electron chi connectivity index (χ0n) is 35.1. The van der Waals surface area contributed by atoms with Gasteiger partial charge in [0.2, 0.25) is 11.8 Å². The fraction of sp³-hybridized carbons (Fsp3) is 0.236. The van der Waals surface area contributed by atoms with Gasteiger partial charge in [-0.1, -0.05) is 109 Å². The van der Waals surface area contributed by atoms with Crippen molar-refractivity contribution in [2.75, 3.05) is 0 Å². The molecule has 2 heterocycles. The van der Waals surface area contributed by atoms with Crippen molar-refractivity contribution >= 4 is 22.6 Å². The molecule has 4 heteroatoms. The van der Waals surface area contributed by atoms with Crippen LogP contribution < -0.4 is 0 Å². The molecule has 2 aliphatic carbocycles. The quantitative estimate of drug-likeness (QED) is 0.179. The predicted octanol–water partition coefficient (Wildman–Crippen LogP) is 13.2. The Labute approximate surface area is 347 Å². The van der Waals surface area contributed by atoms with Gasteiger partial charge >= 0.3 is 0 Å². The number of hydrogen-bond acceptors (Lipinski definition) is 4. The molecule has 0 unspecified atom stereocenters. The number of aliphatic imine (C=N–C) groups is 2. The van der Waals surface area contributed by atoms with Gasteiger partial charge < -0.3 is 9.47 Å². The number of hydrogen-bond donors (Lipinski definition) is 0. The second-order valence-electron chi connectivity index (χ2n) is 18.9. The van der Waals surface area contributed by atoms with Gasteiger partial charge in [-0.2, -0.15) is 0 Å². The highest BCUT2D eigenvalue weighted by molar-refractivity contribution is 6.05. The van der Waals surface area contributed by atoms with Gasteiger partial charge in [0.1, 0.15) is 11.2 Å². The molecule has 0 aromatic heterocycles. The number of nitrogens with zero attached hydrogens (tertiary/aromatic N) is 2. The molecule has 0 atom stereocenters. The maximum absolute atomic E-state index is 6.37. The fourth-order valence-electron chi connectivity index (χ4n) is 9.75. The lowest BCUT2D eigenvalue weighted by molar-refractivity contribution is 0.0618. The van der Waals surface area contributed by atoms with E-state index in [1.807, 2.05) is 0 Å². The van der Waals surface area contributed by atoms with E-state index in [-0.39, 0.29) is 22.3 Å². The Morgan fingerprint density at radius 2 is 0.797 bits per heavy atom. The Morgan fingerprint density at radius 1 is 0.373 bits per heavy atom. The predicted molar refractivity (Wildman–Crippen MR) is 243 cm³/mol. The largest absolute Gasteiger partial charge is 0.469 e. The third-order valence-corrected chi connectivity index (χ3v) is 14.4. The zero-order chi connectivity index (χ0) is 40.7. The first-order chi connectivity index (χ1) is 28.2. The molecular weight excluding hydrogens is 721 g/mol. The van der Waals surface area contributed by atoms with Gasteiger partial charge in [-0.25, -0.2) is 9.98 Å². The van der Waals surface area contributed by atoms with Crippen LogP contribution in [0.1, 0.15) is 88.8 Å². The van der Waals surface area contributed by atoms with Crippen LogP contribution in [0.15, 0.2) is 156 Å². The van der Waals surface area contributed by atoms with E-state index >= 15 is 0 Å². The van der Waals surface area contributed by atoms with E-state index in [9.17, 15) is 0 Å². The molecule has 7 aromatic carbocycles. The molecule has 4 nitrogen and oxygen atoms in total. The van der Waals surface area contributed by atoms with Gasteiger partial charge in [-0.05, 0) is 169 Å². The third kappa shape index (κ3) is 4.95. The monoisotopic (exact) mass is 768 g/mol. The Bertz CT molecular complexity index is 2930. The van der Waals surface area contributed by atoms with Crippen molar-refractivity contribution in [1.82, 2.24) is 0 Å². The molecule has 0 fully saturated rings. The lowest BCUT2D eigenvalue weighted by Gasteiger charge is -2.31. The molecule has 0 bridgehead atoms. The normalized spacial score (nSPS) is 19.0. The Morgan fingerprint density at radius 3 is 1.31 bits per heavy atom. The first-order valence-corrected chi connectivity index (χ1v) is 20.9. The third-order valence-electron chi connectivity index (χ3n) is 14.4. The van der Waals surface area contributed by atoms with Gasteiger partial charge in [-0.3, -0.25) is 0 Å². The van der Waals surface area contributed by atoms with Gasteiger partial charge in [0.15, 0.2) is 0 Å². The highest BCUT2D eigenvalue weighted by Gasteiger charge is 2.53. The highest BCUT2D eigenvalue weighted by atomic mass is 16.5. The molecular formula is C55H48N2O2. The van der Waals surface area contributed by atoms with Gasteiger partial charge in [-0.15, -0.1) is 0 Å². The Hall–Kier alpha value is -6.26. The van der Waals surface area contributed by atoms with Gasteiger partial charge in [0.05, 0.1) is 16.5 Å². The molecule has 0 saturated carbocycles. The molecule has 1 spiro atoms. The van der Waals surface area contributed by atoms with Gasteiger partial charge in [0.25, 0.3) is 0 Å². The molecule has 0 saturated heterocycles. The summed E-state index contributed by atoms with van der Waals surface area (Å²) in [5, 5.41) is 2.50. The second kappa shape index (κ2) is 11.9. The summed E-state index contributed by atoms with van der Waals surface area (Å²) in [6.45, 7) is 17.0. The minimum Gasteiger partial charge on any atom is -0.469 e. The van der Waals surface area contributed by atoms with Crippen molar-refractivity contribution in [3.05, 3.63) is 179 Å². The molecule has 0 amide bonds. The van der Waals surface area contributed by atoms with Crippen molar-refractivity contribution in [2.45, 2.75) is 83.1 Å². The summed E-state index contributed by atoms with van der Waals surface area (Å²) in [5.41, 5.74) is 15.5. The van der Waals surface area contributed by atoms with Crippen LogP contribution in [0.5, 0.6) is 0 Å². The molecule has 11 rings (SSSR count). The van der Waals surface area contributed by atoms with Gasteiger partial charge in [0, 0.05) is 11.1 Å². The van der Waals surface area contributed by atoms with Crippen LogP contribution in [0.3, 0.4) is 0 Å². The zero-order valence-corrected chi connectivity index (χ0v) is 35.1. The summed E-state index contributed by atoms with van der Waals surface area (Å²) in [5.74, 6) is 1.42. The van der Waals surface area contributed by atoms with E-state index in [1.54, 1.807) is 0 Å². The van der Waals surface area contributed by atoms with E-state index < -0.39 is 5.41 Å². The van der Waals surface area contributed by atoms with Crippen LogP contribution in [0, 0.1) is 0 Å². The summed E-state index contributed by atoms with van der Waals surface area (Å²) in [7, 11) is 0. The summed E-state index contributed by atoms with van der Waals surface area (Å²) in [6, 6.07) is 54.3. The molecule has 7 aromatic rings. The van der Waals surface area contributed by atoms with Crippen LogP contribution in [0.4, 0.5) is 0 Å². The number of fused-ring (bicyclic) bond motifs is 12. The number of benzene rings is 7. The van der Waals surface area contributed by atoms with Crippen LogP contribution in [-0.2, 0) is 14.9 Å². The van der Waals surface area contributed by atoms with E-state index in [0.29, 0.717) is 11.8 Å². The van der Waals surface area contributed by atoms with E-state index in [4.69, 9.17) is 19.5 Å². The lowest BCUT2D eigenvalue weighted by atomic mass is 9.69. The molecule has 0 radical (unpaired) electrons. The second-order valence-corrected chi connectivity index (χ2v) is 18.9. The first-order valence-electron chi connectivity index (χ1n) is 20.9. The fourth-order valence-corrected chi connectivity index (χ4v) is 9.75.